The van der Waals surface area contributed by atoms with Crippen molar-refractivity contribution in [3.63, 3.8) is 0 Å². The van der Waals surface area contributed by atoms with Gasteiger partial charge in [-0.15, -0.1) is 0 Å². The molecule has 2 aliphatic rings. The lowest BCUT2D eigenvalue weighted by Gasteiger charge is -2.44. The van der Waals surface area contributed by atoms with E-state index in [1.54, 1.807) is 13.8 Å². The first-order chi connectivity index (χ1) is 16.3. The van der Waals surface area contributed by atoms with E-state index in [2.05, 4.69) is 10.6 Å². The quantitative estimate of drug-likeness (QED) is 0.401. The third-order valence-electron chi connectivity index (χ3n) is 6.89. The highest BCUT2D eigenvalue weighted by atomic mass is 32.2. The summed E-state index contributed by atoms with van der Waals surface area (Å²) in [6.45, 7) is 3.56. The fourth-order valence-electron chi connectivity index (χ4n) is 5.23. The second-order valence-corrected chi connectivity index (χ2v) is 10.8. The summed E-state index contributed by atoms with van der Waals surface area (Å²) in [5, 5.41) is 15.7. The predicted molar refractivity (Wildman–Crippen MR) is 130 cm³/mol. The van der Waals surface area contributed by atoms with Crippen molar-refractivity contribution in [3.8, 4) is 0 Å². The van der Waals surface area contributed by atoms with Gasteiger partial charge >= 0.3 is 11.9 Å². The van der Waals surface area contributed by atoms with Gasteiger partial charge in [-0.2, -0.15) is 0 Å². The molecule has 1 aliphatic carbocycles. The Morgan fingerprint density at radius 1 is 1.21 bits per heavy atom. The van der Waals surface area contributed by atoms with E-state index in [0.29, 0.717) is 12.2 Å². The third-order valence-corrected chi connectivity index (χ3v) is 8.25. The van der Waals surface area contributed by atoms with Gasteiger partial charge in [0.1, 0.15) is 12.1 Å². The molecule has 1 aliphatic heterocycles. The molecule has 8 nitrogen and oxygen atoms in total. The number of Topliss-reactive ketones (excluding diaryl/α,β-unsaturated/α-hetero) is 1. The zero-order chi connectivity index (χ0) is 24.7. The SMILES string of the molecule is CCOC(=O)C(CS(=O)Cc1ccccc1)N[C@@H](C)C(=O)C1NC(C(=O)O)CC2CCCCC21. The zero-order valence-electron chi connectivity index (χ0n) is 19.9. The number of hydrogen-bond acceptors (Lipinski definition) is 7. The van der Waals surface area contributed by atoms with E-state index in [4.69, 9.17) is 4.74 Å². The van der Waals surface area contributed by atoms with Crippen molar-refractivity contribution in [2.45, 2.75) is 75.9 Å². The van der Waals surface area contributed by atoms with Gasteiger partial charge in [0.25, 0.3) is 0 Å². The van der Waals surface area contributed by atoms with Crippen LogP contribution in [0.5, 0.6) is 0 Å². The molecule has 0 bridgehead atoms. The van der Waals surface area contributed by atoms with Crippen LogP contribution in [-0.4, -0.2) is 63.6 Å². The summed E-state index contributed by atoms with van der Waals surface area (Å²) in [7, 11) is -1.35. The van der Waals surface area contributed by atoms with Gasteiger partial charge in [0.05, 0.1) is 18.7 Å². The van der Waals surface area contributed by atoms with Gasteiger partial charge in [0.15, 0.2) is 5.78 Å². The van der Waals surface area contributed by atoms with Gasteiger partial charge in [0, 0.05) is 22.3 Å². The van der Waals surface area contributed by atoms with Crippen LogP contribution in [0.15, 0.2) is 30.3 Å². The Kier molecular flexibility index (Phi) is 9.79. The maximum atomic E-state index is 13.5. The molecule has 1 heterocycles. The fourth-order valence-corrected chi connectivity index (χ4v) is 6.52. The number of aliphatic carboxylic acids is 1. The molecular weight excluding hydrogens is 456 g/mol. The van der Waals surface area contributed by atoms with Crippen LogP contribution in [0.2, 0.25) is 0 Å². The Morgan fingerprint density at radius 2 is 1.91 bits per heavy atom. The third kappa shape index (κ3) is 6.96. The van der Waals surface area contributed by atoms with E-state index in [1.807, 2.05) is 30.3 Å². The molecule has 1 aromatic rings. The Hall–Kier alpha value is -2.10. The van der Waals surface area contributed by atoms with Crippen LogP contribution in [0.3, 0.4) is 0 Å². The van der Waals surface area contributed by atoms with E-state index in [0.717, 1.165) is 31.2 Å². The standard InChI is InChI=1S/C25H36N2O6S/c1-3-33-25(31)21(15-34(32)14-17-9-5-4-6-10-17)26-16(2)23(28)22-19-12-8-7-11-18(19)13-20(27-22)24(29)30/h4-6,9-10,16,18-22,26-27H,3,7-8,11-15H2,1-2H3,(H,29,30)/t16-,18?,19?,20?,21?,22?,34?/m0/s1. The second-order valence-electron chi connectivity index (χ2n) is 9.31. The fraction of sp³-hybridized carbons (Fsp3) is 0.640. The molecular formula is C25H36N2O6S. The van der Waals surface area contributed by atoms with Gasteiger partial charge in [-0.3, -0.25) is 29.2 Å². The first-order valence-electron chi connectivity index (χ1n) is 12.1. The molecule has 188 valence electrons. The normalized spacial score (nSPS) is 27.1. The molecule has 6 unspecified atom stereocenters. The van der Waals surface area contributed by atoms with Crippen LogP contribution in [0.25, 0.3) is 0 Å². The topological polar surface area (TPSA) is 122 Å². The van der Waals surface area contributed by atoms with Gasteiger partial charge in [-0.05, 0) is 44.1 Å². The number of benzene rings is 1. The molecule has 0 amide bonds. The number of hydrogen-bond donors (Lipinski definition) is 3. The summed E-state index contributed by atoms with van der Waals surface area (Å²) in [4.78, 5) is 37.8. The lowest BCUT2D eigenvalue weighted by molar-refractivity contribution is -0.145. The predicted octanol–water partition coefficient (Wildman–Crippen LogP) is 2.04. The number of piperidine rings is 1. The van der Waals surface area contributed by atoms with Gasteiger partial charge in [0.2, 0.25) is 0 Å². The molecule has 2 fully saturated rings. The van der Waals surface area contributed by atoms with Crippen LogP contribution in [0, 0.1) is 11.8 Å². The maximum absolute atomic E-state index is 13.5. The summed E-state index contributed by atoms with van der Waals surface area (Å²) >= 11 is 0. The van der Waals surface area contributed by atoms with Crippen molar-refractivity contribution < 1.29 is 28.4 Å². The van der Waals surface area contributed by atoms with Crippen LogP contribution in [0.1, 0.15) is 51.5 Å². The highest BCUT2D eigenvalue weighted by Crippen LogP contribution is 2.39. The van der Waals surface area contributed by atoms with Crippen molar-refractivity contribution in [2.75, 3.05) is 12.4 Å². The molecule has 0 spiro atoms. The van der Waals surface area contributed by atoms with Crippen molar-refractivity contribution in [1.29, 1.82) is 0 Å². The van der Waals surface area contributed by atoms with E-state index in [-0.39, 0.29) is 30.0 Å². The molecule has 7 atom stereocenters. The maximum Gasteiger partial charge on any atom is 0.324 e. The zero-order valence-corrected chi connectivity index (χ0v) is 20.7. The average Bonchev–Trinajstić information content (AvgIpc) is 2.83. The minimum atomic E-state index is -1.35. The number of fused-ring (bicyclic) bond motifs is 1. The van der Waals surface area contributed by atoms with Gasteiger partial charge in [-0.1, -0.05) is 49.6 Å². The number of ketones is 1. The molecule has 0 radical (unpaired) electrons. The van der Waals surface area contributed by atoms with Crippen molar-refractivity contribution in [3.05, 3.63) is 35.9 Å². The van der Waals surface area contributed by atoms with Crippen molar-refractivity contribution in [1.82, 2.24) is 10.6 Å². The number of carbonyl (C=O) groups excluding carboxylic acids is 2. The molecule has 34 heavy (non-hydrogen) atoms. The molecule has 1 saturated heterocycles. The average molecular weight is 493 g/mol. The highest BCUT2D eigenvalue weighted by Gasteiger charge is 2.45. The summed E-state index contributed by atoms with van der Waals surface area (Å²) in [6.07, 6.45) is 4.44. The number of ether oxygens (including phenoxy) is 1. The number of carboxylic acid groups (broad SMARTS) is 1. The van der Waals surface area contributed by atoms with E-state index in [9.17, 15) is 23.7 Å². The van der Waals surface area contributed by atoms with Crippen LogP contribution in [0.4, 0.5) is 0 Å². The monoisotopic (exact) mass is 492 g/mol. The summed E-state index contributed by atoms with van der Waals surface area (Å²) in [5.41, 5.74) is 0.905. The van der Waals surface area contributed by atoms with Crippen molar-refractivity contribution in [2.24, 2.45) is 11.8 Å². The van der Waals surface area contributed by atoms with Crippen molar-refractivity contribution >= 4 is 28.5 Å². The Morgan fingerprint density at radius 3 is 2.59 bits per heavy atom. The summed E-state index contributed by atoms with van der Waals surface area (Å²) in [6, 6.07) is 6.42. The minimum absolute atomic E-state index is 0.0211. The minimum Gasteiger partial charge on any atom is -0.480 e. The first-order valence-corrected chi connectivity index (χ1v) is 13.6. The first kappa shape index (κ1) is 26.5. The van der Waals surface area contributed by atoms with Crippen LogP contribution in [-0.2, 0) is 35.7 Å². The van der Waals surface area contributed by atoms with E-state index < -0.39 is 46.9 Å². The molecule has 1 aromatic carbocycles. The van der Waals surface area contributed by atoms with Gasteiger partial charge in [-0.25, -0.2) is 0 Å². The lowest BCUT2D eigenvalue weighted by atomic mass is 9.68. The van der Waals surface area contributed by atoms with Crippen LogP contribution < -0.4 is 10.6 Å². The smallest absolute Gasteiger partial charge is 0.324 e. The van der Waals surface area contributed by atoms with E-state index >= 15 is 0 Å². The molecule has 9 heteroatoms. The largest absolute Gasteiger partial charge is 0.480 e. The Labute approximate surface area is 203 Å². The Bertz CT molecular complexity index is 879. The highest BCUT2D eigenvalue weighted by molar-refractivity contribution is 7.84. The number of esters is 1. The number of carboxylic acids is 1. The number of rotatable bonds is 11. The number of nitrogens with one attached hydrogen (secondary N) is 2. The molecule has 0 aromatic heterocycles. The summed E-state index contributed by atoms with van der Waals surface area (Å²) < 4.78 is 18.0. The molecule has 3 N–H and O–H groups in total. The second kappa shape index (κ2) is 12.6. The Balaban J connectivity index is 1.69. The van der Waals surface area contributed by atoms with Gasteiger partial charge < -0.3 is 9.84 Å². The molecule has 3 rings (SSSR count). The molecule has 1 saturated carbocycles. The number of carbonyl (C=O) groups is 3. The van der Waals surface area contributed by atoms with Crippen LogP contribution >= 0.6 is 0 Å². The summed E-state index contributed by atoms with van der Waals surface area (Å²) in [5.74, 6) is -1.03. The lowest BCUT2D eigenvalue weighted by Crippen LogP contribution is -2.62. The van der Waals surface area contributed by atoms with E-state index in [1.165, 1.54) is 0 Å².